The van der Waals surface area contributed by atoms with Crippen LogP contribution >= 0.6 is 11.6 Å². The highest BCUT2D eigenvalue weighted by Gasteiger charge is 2.39. The van der Waals surface area contributed by atoms with E-state index in [1.54, 1.807) is 12.3 Å². The summed E-state index contributed by atoms with van der Waals surface area (Å²) < 4.78 is 5.64. The molecule has 0 saturated carbocycles. The van der Waals surface area contributed by atoms with E-state index in [0.717, 1.165) is 24.0 Å². The molecule has 102 valence electrons. The van der Waals surface area contributed by atoms with Crippen LogP contribution in [0, 0.1) is 0 Å². The van der Waals surface area contributed by atoms with E-state index in [1.165, 1.54) is 0 Å². The molecule has 0 saturated heterocycles. The average molecular weight is 272 g/mol. The number of aliphatic imine (C=N–C) groups is 1. The zero-order valence-electron chi connectivity index (χ0n) is 11.5. The average Bonchev–Trinajstić information content (AvgIpc) is 2.49. The van der Waals surface area contributed by atoms with Crippen molar-refractivity contribution in [2.75, 3.05) is 0 Å². The second-order valence-corrected chi connectivity index (χ2v) is 5.16. The van der Waals surface area contributed by atoms with Gasteiger partial charge >= 0.3 is 0 Å². The number of allylic oxidation sites excluding steroid dienone is 1. The summed E-state index contributed by atoms with van der Waals surface area (Å²) in [4.78, 5) is 4.18. The Balaban J connectivity index is 2.89. The number of nitrogens with zero attached hydrogens (tertiary/aromatic N) is 1. The van der Waals surface area contributed by atoms with Gasteiger partial charge in [0.25, 0.3) is 0 Å². The fourth-order valence-electron chi connectivity index (χ4n) is 2.13. The minimum absolute atomic E-state index is 0.391. The van der Waals surface area contributed by atoms with Crippen molar-refractivity contribution in [1.82, 2.24) is 0 Å². The Labute approximate surface area is 114 Å². The summed E-state index contributed by atoms with van der Waals surface area (Å²) in [6.07, 6.45) is 6.23. The first kappa shape index (κ1) is 15.4. The van der Waals surface area contributed by atoms with Gasteiger partial charge in [0.2, 0.25) is 0 Å². The van der Waals surface area contributed by atoms with Crippen LogP contribution in [0.5, 0.6) is 0 Å². The molecule has 3 unspecified atom stereocenters. The highest BCUT2D eigenvalue weighted by Crippen LogP contribution is 2.37. The molecule has 0 aromatic carbocycles. The van der Waals surface area contributed by atoms with E-state index < -0.39 is 17.4 Å². The van der Waals surface area contributed by atoms with Crippen LogP contribution in [0.1, 0.15) is 40.5 Å². The smallest absolute Gasteiger partial charge is 0.183 e. The van der Waals surface area contributed by atoms with Gasteiger partial charge in [0.1, 0.15) is 5.50 Å². The molecule has 4 heteroatoms. The Bertz CT molecular complexity index is 376. The van der Waals surface area contributed by atoms with E-state index in [-0.39, 0.29) is 0 Å². The van der Waals surface area contributed by atoms with Crippen molar-refractivity contribution < 1.29 is 9.84 Å². The lowest BCUT2D eigenvalue weighted by molar-refractivity contribution is -0.123. The van der Waals surface area contributed by atoms with Crippen LogP contribution in [0.3, 0.4) is 0 Å². The highest BCUT2D eigenvalue weighted by molar-refractivity contribution is 6.22. The number of halogens is 1. The normalized spacial score (nSPS) is 30.9. The number of aliphatic hydroxyl groups excluding tert-OH is 1. The molecule has 0 bridgehead atoms. The van der Waals surface area contributed by atoms with Gasteiger partial charge in [-0.05, 0) is 38.8 Å². The Kier molecular flexibility index (Phi) is 5.57. The molecule has 0 aromatic heterocycles. The van der Waals surface area contributed by atoms with Gasteiger partial charge in [0, 0.05) is 11.8 Å². The summed E-state index contributed by atoms with van der Waals surface area (Å²) in [5.74, 6) is 0. The van der Waals surface area contributed by atoms with Crippen LogP contribution in [0.15, 0.2) is 28.3 Å². The Hall–Kier alpha value is -0.640. The number of hydrogen-bond acceptors (Lipinski definition) is 3. The molecule has 1 rings (SSSR count). The minimum atomic E-state index is -0.903. The minimum Gasteiger partial charge on any atom is -0.364 e. The van der Waals surface area contributed by atoms with Crippen LogP contribution < -0.4 is 0 Å². The lowest BCUT2D eigenvalue weighted by Crippen LogP contribution is -2.27. The van der Waals surface area contributed by atoms with E-state index >= 15 is 0 Å². The van der Waals surface area contributed by atoms with Gasteiger partial charge in [-0.3, -0.25) is 4.99 Å². The van der Waals surface area contributed by atoms with Crippen LogP contribution in [-0.4, -0.2) is 28.7 Å². The number of aliphatic hydroxyl groups is 1. The van der Waals surface area contributed by atoms with Crippen molar-refractivity contribution in [3.05, 3.63) is 23.3 Å². The Morgan fingerprint density at radius 3 is 2.83 bits per heavy atom. The van der Waals surface area contributed by atoms with Crippen molar-refractivity contribution in [3.63, 3.8) is 0 Å². The summed E-state index contributed by atoms with van der Waals surface area (Å²) >= 11 is 5.96. The maximum absolute atomic E-state index is 9.93. The standard InChI is InChI=1S/C14H22ClNO2/c1-5-7-12(15)16-9-11-10(3)14(4,8-6-2)18-13(11)17/h5,7,9,12-13,17H,6,8H2,1-4H3/b7-5+,16-9?. The molecule has 1 N–H and O–H groups in total. The van der Waals surface area contributed by atoms with Crippen molar-refractivity contribution in [2.45, 2.75) is 57.9 Å². The first-order valence-electron chi connectivity index (χ1n) is 6.31. The van der Waals surface area contributed by atoms with Gasteiger partial charge in [-0.2, -0.15) is 0 Å². The van der Waals surface area contributed by atoms with E-state index in [0.29, 0.717) is 0 Å². The molecule has 0 radical (unpaired) electrons. The maximum Gasteiger partial charge on any atom is 0.183 e. The lowest BCUT2D eigenvalue weighted by atomic mass is 9.91. The summed E-state index contributed by atoms with van der Waals surface area (Å²) in [7, 11) is 0. The summed E-state index contributed by atoms with van der Waals surface area (Å²) in [6.45, 7) is 7.97. The Morgan fingerprint density at radius 2 is 2.28 bits per heavy atom. The molecule has 0 aromatic rings. The first-order chi connectivity index (χ1) is 8.44. The Morgan fingerprint density at radius 1 is 1.61 bits per heavy atom. The van der Waals surface area contributed by atoms with Crippen LogP contribution in [0.25, 0.3) is 0 Å². The number of ether oxygens (including phenoxy) is 1. The summed E-state index contributed by atoms with van der Waals surface area (Å²) in [5, 5.41) is 9.93. The predicted octanol–water partition coefficient (Wildman–Crippen LogP) is 3.42. The van der Waals surface area contributed by atoms with E-state index in [4.69, 9.17) is 16.3 Å². The molecule has 18 heavy (non-hydrogen) atoms. The number of alkyl halides is 1. The molecule has 1 aliphatic rings. The van der Waals surface area contributed by atoms with E-state index in [2.05, 4.69) is 11.9 Å². The van der Waals surface area contributed by atoms with Gasteiger partial charge in [0.15, 0.2) is 6.29 Å². The lowest BCUT2D eigenvalue weighted by Gasteiger charge is -2.25. The topological polar surface area (TPSA) is 41.8 Å². The zero-order valence-corrected chi connectivity index (χ0v) is 12.2. The molecule has 0 amide bonds. The van der Waals surface area contributed by atoms with Crippen molar-refractivity contribution >= 4 is 17.8 Å². The summed E-state index contributed by atoms with van der Waals surface area (Å²) in [5.41, 5.74) is 0.962. The maximum atomic E-state index is 9.93. The molecule has 3 nitrogen and oxygen atoms in total. The predicted molar refractivity (Wildman–Crippen MR) is 76.1 cm³/mol. The molecule has 0 fully saturated rings. The highest BCUT2D eigenvalue weighted by atomic mass is 35.5. The van der Waals surface area contributed by atoms with Crippen LogP contribution in [0.2, 0.25) is 0 Å². The molecule has 0 spiro atoms. The molecular formula is C14H22ClNO2. The summed E-state index contributed by atoms with van der Waals surface area (Å²) in [6, 6.07) is 0. The third kappa shape index (κ3) is 3.44. The largest absolute Gasteiger partial charge is 0.364 e. The second kappa shape index (κ2) is 6.50. The second-order valence-electron chi connectivity index (χ2n) is 4.71. The van der Waals surface area contributed by atoms with Gasteiger partial charge in [-0.25, -0.2) is 0 Å². The van der Waals surface area contributed by atoms with Gasteiger partial charge in [-0.15, -0.1) is 0 Å². The fourth-order valence-corrected chi connectivity index (χ4v) is 2.33. The third-order valence-corrected chi connectivity index (χ3v) is 3.56. The first-order valence-corrected chi connectivity index (χ1v) is 6.75. The molecular weight excluding hydrogens is 250 g/mol. The van der Waals surface area contributed by atoms with Crippen molar-refractivity contribution in [3.8, 4) is 0 Å². The third-order valence-electron chi connectivity index (χ3n) is 3.30. The van der Waals surface area contributed by atoms with E-state index in [9.17, 15) is 5.11 Å². The monoisotopic (exact) mass is 271 g/mol. The molecule has 1 heterocycles. The molecule has 0 aliphatic carbocycles. The van der Waals surface area contributed by atoms with Crippen molar-refractivity contribution in [2.24, 2.45) is 4.99 Å². The van der Waals surface area contributed by atoms with Crippen LogP contribution in [0.4, 0.5) is 0 Å². The van der Waals surface area contributed by atoms with Gasteiger partial charge in [-0.1, -0.05) is 31.0 Å². The van der Waals surface area contributed by atoms with E-state index in [1.807, 2.05) is 26.8 Å². The van der Waals surface area contributed by atoms with Crippen molar-refractivity contribution in [1.29, 1.82) is 0 Å². The molecule has 1 aliphatic heterocycles. The number of hydrogen-bond donors (Lipinski definition) is 1. The molecule has 3 atom stereocenters. The van der Waals surface area contributed by atoms with Gasteiger partial charge in [0.05, 0.1) is 5.60 Å². The number of rotatable bonds is 5. The van der Waals surface area contributed by atoms with Gasteiger partial charge < -0.3 is 9.84 Å². The fraction of sp³-hybridized carbons (Fsp3) is 0.643. The SMILES string of the molecule is C/C=C/C(Cl)N=CC1=C(C)C(C)(CCC)OC1O. The quantitative estimate of drug-likeness (QED) is 0.360. The van der Waals surface area contributed by atoms with Crippen LogP contribution in [-0.2, 0) is 4.74 Å². The zero-order chi connectivity index (χ0) is 13.8.